The maximum Gasteiger partial charge on any atom is 0.416 e. The number of phenols is 1. The Morgan fingerprint density at radius 1 is 1.07 bits per heavy atom. The molecule has 2 atom stereocenters. The van der Waals surface area contributed by atoms with Gasteiger partial charge in [-0.1, -0.05) is 27.2 Å². The van der Waals surface area contributed by atoms with Crippen LogP contribution >= 0.6 is 0 Å². The molecule has 0 aliphatic carbocycles. The van der Waals surface area contributed by atoms with Gasteiger partial charge in [0.25, 0.3) is 0 Å². The second-order valence-corrected chi connectivity index (χ2v) is 11.2. The van der Waals surface area contributed by atoms with Crippen LogP contribution in [0.1, 0.15) is 57.2 Å². The molecule has 1 N–H and O–H groups in total. The van der Waals surface area contributed by atoms with Crippen molar-refractivity contribution in [3.63, 3.8) is 0 Å². The molecule has 10 heteroatoms. The van der Waals surface area contributed by atoms with Crippen LogP contribution < -0.4 is 0 Å². The molecule has 4 rings (SSSR count). The van der Waals surface area contributed by atoms with Crippen molar-refractivity contribution in [2.24, 2.45) is 21.8 Å². The van der Waals surface area contributed by atoms with E-state index in [0.717, 1.165) is 70.0 Å². The van der Waals surface area contributed by atoms with Crippen LogP contribution in [0.4, 0.5) is 13.2 Å². The highest BCUT2D eigenvalue weighted by Crippen LogP contribution is 2.35. The Balaban J connectivity index is 0.000000355. The van der Waals surface area contributed by atoms with Crippen molar-refractivity contribution < 1.29 is 23.1 Å². The number of halogens is 3. The highest BCUT2D eigenvalue weighted by molar-refractivity contribution is 6.16. The van der Waals surface area contributed by atoms with Crippen LogP contribution in [0, 0.1) is 18.8 Å². The zero-order valence-corrected chi connectivity index (χ0v) is 25.0. The van der Waals surface area contributed by atoms with Gasteiger partial charge >= 0.3 is 6.18 Å². The summed E-state index contributed by atoms with van der Waals surface area (Å²) in [5, 5.41) is 10.2. The van der Waals surface area contributed by atoms with Crippen LogP contribution in [0.25, 0.3) is 0 Å². The molecule has 7 nitrogen and oxygen atoms in total. The number of likely N-dealkylation sites (tertiary alicyclic amines) is 1. The van der Waals surface area contributed by atoms with Gasteiger partial charge in [-0.2, -0.15) is 13.2 Å². The van der Waals surface area contributed by atoms with Gasteiger partial charge < -0.3 is 19.7 Å². The Morgan fingerprint density at radius 2 is 1.70 bits per heavy atom. The van der Waals surface area contributed by atoms with Crippen LogP contribution in [0.3, 0.4) is 0 Å². The number of aryl methyl sites for hydroxylation is 1. The minimum atomic E-state index is -4.51. The van der Waals surface area contributed by atoms with Crippen LogP contribution in [-0.2, 0) is 11.0 Å². The number of hydrogen-bond acceptors (Lipinski definition) is 7. The average Bonchev–Trinajstić information content (AvgIpc) is 3.22. The van der Waals surface area contributed by atoms with Crippen molar-refractivity contribution in [1.82, 2.24) is 14.7 Å². The lowest BCUT2D eigenvalue weighted by Crippen LogP contribution is -2.48. The van der Waals surface area contributed by atoms with Crippen LogP contribution in [0.5, 0.6) is 5.75 Å². The van der Waals surface area contributed by atoms with Gasteiger partial charge in [0.15, 0.2) is 0 Å². The number of piperazine rings is 1. The van der Waals surface area contributed by atoms with Crippen molar-refractivity contribution >= 4 is 17.8 Å². The Kier molecular flexibility index (Phi) is 13.0. The molecule has 0 bridgehead atoms. The number of likely N-dealkylation sites (N-methyl/N-ethyl adjacent to an activating group) is 1. The second-order valence-electron chi connectivity index (χ2n) is 11.2. The number of benzene rings is 1. The lowest BCUT2D eigenvalue weighted by atomic mass is 9.99. The largest absolute Gasteiger partial charge is 0.507 e. The number of phenolic OH excluding ortho intramolecular Hbond substituents is 1. The molecule has 0 spiro atoms. The Morgan fingerprint density at radius 3 is 2.15 bits per heavy atom. The molecular formula is C30H46F3N5O2. The highest BCUT2D eigenvalue weighted by atomic mass is 19.4. The molecule has 3 aliphatic rings. The van der Waals surface area contributed by atoms with E-state index in [1.54, 1.807) is 13.0 Å². The summed E-state index contributed by atoms with van der Waals surface area (Å²) in [6, 6.07) is 1.77. The van der Waals surface area contributed by atoms with E-state index in [4.69, 9.17) is 0 Å². The third-order valence-corrected chi connectivity index (χ3v) is 7.27. The number of aromatic hydroxyl groups is 1. The average molecular weight is 566 g/mol. The molecule has 3 heterocycles. The molecule has 2 saturated heterocycles. The number of allylic oxidation sites excluding steroid dienone is 1. The van der Waals surface area contributed by atoms with Gasteiger partial charge in [0.2, 0.25) is 0 Å². The van der Waals surface area contributed by atoms with E-state index in [9.17, 15) is 23.1 Å². The van der Waals surface area contributed by atoms with Crippen LogP contribution in [0.15, 0.2) is 34.3 Å². The molecule has 2 unspecified atom stereocenters. The standard InChI is InChI=1S/C19H23F3N4O.C6H11NO.C5H12/c1-12-10-14(19(20,21)22)11-16(27)18(12)15-4-5-17(24-13(2)23-15)26-8-6-25(3)7-9-26;1-7-3-2-6(4-7)5-8;1-4-5(2)3/h4-5,10-11,17,27H,6-9H2,1-3H3;5-6H,2-4H2,1H3;5H,4H2,1-3H3. The molecular weight excluding hydrogens is 519 g/mol. The molecule has 0 amide bonds. The Labute approximate surface area is 237 Å². The summed E-state index contributed by atoms with van der Waals surface area (Å²) in [4.78, 5) is 25.8. The summed E-state index contributed by atoms with van der Waals surface area (Å²) in [6.45, 7) is 15.6. The van der Waals surface area contributed by atoms with Crippen LogP contribution in [0.2, 0.25) is 0 Å². The van der Waals surface area contributed by atoms with Crippen molar-refractivity contribution in [3.8, 4) is 5.75 Å². The molecule has 0 saturated carbocycles. The fourth-order valence-electron chi connectivity index (χ4n) is 4.43. The monoisotopic (exact) mass is 565 g/mol. The predicted molar refractivity (Wildman–Crippen MR) is 156 cm³/mol. The first kappa shape index (κ1) is 33.6. The Hall–Kier alpha value is -2.56. The SMILES string of the molecule is CC1=NC(N2CCN(C)CC2)C=CC(c2c(C)cc(C(F)(F)F)cc2O)=N1.CCC(C)C.CN1CCC(C=O)C1. The quantitative estimate of drug-likeness (QED) is 0.505. The third kappa shape index (κ3) is 10.4. The normalized spacial score (nSPS) is 22.5. The fourth-order valence-corrected chi connectivity index (χ4v) is 4.43. The summed E-state index contributed by atoms with van der Waals surface area (Å²) in [5.74, 6) is 1.30. The molecule has 0 radical (unpaired) electrons. The van der Waals surface area contributed by atoms with Gasteiger partial charge in [-0.25, -0.2) is 9.98 Å². The summed E-state index contributed by atoms with van der Waals surface area (Å²) in [7, 11) is 4.12. The summed E-state index contributed by atoms with van der Waals surface area (Å²) < 4.78 is 38.9. The first-order valence-corrected chi connectivity index (χ1v) is 14.0. The Bertz CT molecular complexity index is 1040. The smallest absolute Gasteiger partial charge is 0.416 e. The number of rotatable bonds is 4. The van der Waals surface area contributed by atoms with Crippen LogP contribution in [-0.4, -0.2) is 97.2 Å². The molecule has 0 aromatic heterocycles. The van der Waals surface area contributed by atoms with Gasteiger partial charge in [0.05, 0.1) is 11.3 Å². The van der Waals surface area contributed by atoms with E-state index in [2.05, 4.69) is 52.5 Å². The maximum atomic E-state index is 13.0. The summed E-state index contributed by atoms with van der Waals surface area (Å²) >= 11 is 0. The van der Waals surface area contributed by atoms with E-state index >= 15 is 0 Å². The predicted octanol–water partition coefficient (Wildman–Crippen LogP) is 5.26. The number of nitrogens with zero attached hydrogens (tertiary/aromatic N) is 5. The lowest BCUT2D eigenvalue weighted by molar-refractivity contribution is -0.137. The molecule has 2 fully saturated rings. The lowest BCUT2D eigenvalue weighted by Gasteiger charge is -2.34. The first-order chi connectivity index (χ1) is 18.7. The van der Waals surface area contributed by atoms with Gasteiger partial charge in [0.1, 0.15) is 24.0 Å². The van der Waals surface area contributed by atoms with Gasteiger partial charge in [0, 0.05) is 44.2 Å². The second kappa shape index (κ2) is 15.4. The summed E-state index contributed by atoms with van der Waals surface area (Å²) in [6.07, 6.45) is 2.36. The molecule has 1 aromatic carbocycles. The maximum absolute atomic E-state index is 13.0. The molecule has 1 aromatic rings. The number of aldehydes is 1. The van der Waals surface area contributed by atoms with E-state index < -0.39 is 17.5 Å². The zero-order valence-electron chi connectivity index (χ0n) is 25.0. The molecule has 40 heavy (non-hydrogen) atoms. The number of hydrogen-bond donors (Lipinski definition) is 1. The fraction of sp³-hybridized carbons (Fsp3) is 0.633. The minimum absolute atomic E-state index is 0.170. The van der Waals surface area contributed by atoms with Gasteiger partial charge in [-0.15, -0.1) is 0 Å². The highest BCUT2D eigenvalue weighted by Gasteiger charge is 2.32. The van der Waals surface area contributed by atoms with Crippen molar-refractivity contribution in [2.75, 3.05) is 53.4 Å². The number of alkyl halides is 3. The van der Waals surface area contributed by atoms with Gasteiger partial charge in [-0.3, -0.25) is 4.90 Å². The van der Waals surface area contributed by atoms with Crippen molar-refractivity contribution in [2.45, 2.75) is 59.8 Å². The first-order valence-electron chi connectivity index (χ1n) is 14.0. The van der Waals surface area contributed by atoms with E-state index in [0.29, 0.717) is 28.6 Å². The van der Waals surface area contributed by atoms with Gasteiger partial charge in [-0.05, 0) is 76.7 Å². The topological polar surface area (TPSA) is 71.7 Å². The van der Waals surface area contributed by atoms with E-state index in [1.807, 2.05) is 13.1 Å². The van der Waals surface area contributed by atoms with E-state index in [-0.39, 0.29) is 6.17 Å². The molecule has 224 valence electrons. The third-order valence-electron chi connectivity index (χ3n) is 7.27. The number of amidine groups is 1. The van der Waals surface area contributed by atoms with E-state index in [1.165, 1.54) is 13.3 Å². The van der Waals surface area contributed by atoms with Crippen molar-refractivity contribution in [1.29, 1.82) is 0 Å². The van der Waals surface area contributed by atoms with Crippen molar-refractivity contribution in [3.05, 3.63) is 41.0 Å². The number of aliphatic imine (C=N–C) groups is 2. The molecule has 3 aliphatic heterocycles. The summed E-state index contributed by atoms with van der Waals surface area (Å²) in [5.41, 5.74) is 0.154. The minimum Gasteiger partial charge on any atom is -0.507 e. The number of carbonyl (C=O) groups excluding carboxylic acids is 1. The zero-order chi connectivity index (χ0) is 30.0. The number of carbonyl (C=O) groups is 1.